The summed E-state index contributed by atoms with van der Waals surface area (Å²) in [4.78, 5) is 37.2. The van der Waals surface area contributed by atoms with Crippen LogP contribution in [0.25, 0.3) is 0 Å². The molecule has 30 heavy (non-hydrogen) atoms. The largest absolute Gasteiger partial charge is 0.463 e. The van der Waals surface area contributed by atoms with E-state index in [1.807, 2.05) is 6.07 Å². The molecule has 0 unspecified atom stereocenters. The molecule has 2 amide bonds. The van der Waals surface area contributed by atoms with Crippen molar-refractivity contribution in [3.8, 4) is 0 Å². The molecule has 1 aliphatic heterocycles. The number of esters is 2. The lowest BCUT2D eigenvalue weighted by atomic mass is 9.95. The van der Waals surface area contributed by atoms with Crippen molar-refractivity contribution in [1.29, 1.82) is 0 Å². The lowest BCUT2D eigenvalue weighted by Crippen LogP contribution is -2.47. The normalized spacial score (nSPS) is 15.8. The fraction of sp³-hybridized carbons (Fsp3) is 0.227. The van der Waals surface area contributed by atoms with Gasteiger partial charge < -0.3 is 25.2 Å². The number of ether oxygens (including phenoxy) is 2. The van der Waals surface area contributed by atoms with E-state index in [1.54, 1.807) is 43.3 Å². The SMILES string of the molecule is CCOC(=O)C1=C(COC(=O)c2ccc(CO)cc2)NC(=O)N[C@H]1c1ccccc1. The van der Waals surface area contributed by atoms with Crippen LogP contribution in [0.15, 0.2) is 65.9 Å². The third kappa shape index (κ3) is 4.84. The fourth-order valence-corrected chi connectivity index (χ4v) is 3.04. The summed E-state index contributed by atoms with van der Waals surface area (Å²) < 4.78 is 10.5. The van der Waals surface area contributed by atoms with Gasteiger partial charge in [-0.2, -0.15) is 0 Å². The van der Waals surface area contributed by atoms with E-state index in [9.17, 15) is 14.4 Å². The molecule has 0 aromatic heterocycles. The smallest absolute Gasteiger partial charge is 0.338 e. The summed E-state index contributed by atoms with van der Waals surface area (Å²) in [5, 5.41) is 14.4. The molecule has 0 saturated carbocycles. The van der Waals surface area contributed by atoms with Crippen molar-refractivity contribution in [3.63, 3.8) is 0 Å². The zero-order valence-electron chi connectivity index (χ0n) is 16.4. The van der Waals surface area contributed by atoms with Crippen molar-refractivity contribution in [1.82, 2.24) is 10.6 Å². The number of rotatable bonds is 7. The van der Waals surface area contributed by atoms with Crippen LogP contribution in [0.5, 0.6) is 0 Å². The van der Waals surface area contributed by atoms with Crippen LogP contribution in [0.4, 0.5) is 4.79 Å². The minimum Gasteiger partial charge on any atom is -0.463 e. The van der Waals surface area contributed by atoms with Crippen LogP contribution in [0.2, 0.25) is 0 Å². The van der Waals surface area contributed by atoms with Crippen LogP contribution < -0.4 is 10.6 Å². The number of aliphatic hydroxyl groups excluding tert-OH is 1. The highest BCUT2D eigenvalue weighted by molar-refractivity contribution is 5.95. The molecular weight excluding hydrogens is 388 g/mol. The third-order valence-electron chi connectivity index (χ3n) is 4.50. The van der Waals surface area contributed by atoms with Crippen molar-refractivity contribution in [2.45, 2.75) is 19.6 Å². The van der Waals surface area contributed by atoms with Crippen LogP contribution in [-0.2, 0) is 20.9 Å². The van der Waals surface area contributed by atoms with E-state index in [0.717, 1.165) is 0 Å². The molecule has 1 atom stereocenters. The summed E-state index contributed by atoms with van der Waals surface area (Å²) in [5.41, 5.74) is 1.97. The van der Waals surface area contributed by atoms with Gasteiger partial charge in [-0.05, 0) is 30.2 Å². The van der Waals surface area contributed by atoms with Gasteiger partial charge in [0.05, 0.1) is 36.1 Å². The first-order valence-electron chi connectivity index (χ1n) is 9.43. The van der Waals surface area contributed by atoms with Gasteiger partial charge in [0.1, 0.15) is 6.61 Å². The molecule has 0 spiro atoms. The highest BCUT2D eigenvalue weighted by atomic mass is 16.5. The molecule has 3 N–H and O–H groups in total. The maximum absolute atomic E-state index is 12.6. The van der Waals surface area contributed by atoms with Gasteiger partial charge in [-0.3, -0.25) is 0 Å². The lowest BCUT2D eigenvalue weighted by Gasteiger charge is -2.29. The number of amides is 2. The maximum atomic E-state index is 12.6. The Morgan fingerprint density at radius 1 is 1.00 bits per heavy atom. The van der Waals surface area contributed by atoms with Crippen LogP contribution in [0, 0.1) is 0 Å². The van der Waals surface area contributed by atoms with Gasteiger partial charge >= 0.3 is 18.0 Å². The summed E-state index contributed by atoms with van der Waals surface area (Å²) in [6.07, 6.45) is 0. The zero-order chi connectivity index (χ0) is 21.5. The van der Waals surface area contributed by atoms with Gasteiger partial charge in [0.15, 0.2) is 0 Å². The molecule has 2 aromatic rings. The quantitative estimate of drug-likeness (QED) is 0.603. The average Bonchev–Trinajstić information content (AvgIpc) is 2.77. The predicted molar refractivity (Wildman–Crippen MR) is 107 cm³/mol. The Balaban J connectivity index is 1.87. The van der Waals surface area contributed by atoms with E-state index in [1.165, 1.54) is 12.1 Å². The Hall–Kier alpha value is -3.65. The second-order valence-electron chi connectivity index (χ2n) is 6.49. The van der Waals surface area contributed by atoms with Crippen molar-refractivity contribution in [2.75, 3.05) is 13.2 Å². The van der Waals surface area contributed by atoms with Crippen LogP contribution in [0.1, 0.15) is 34.5 Å². The molecule has 3 rings (SSSR count). The van der Waals surface area contributed by atoms with Gasteiger partial charge in [-0.1, -0.05) is 42.5 Å². The van der Waals surface area contributed by atoms with E-state index >= 15 is 0 Å². The van der Waals surface area contributed by atoms with E-state index in [2.05, 4.69) is 10.6 Å². The van der Waals surface area contributed by atoms with Crippen molar-refractivity contribution < 1.29 is 29.0 Å². The monoisotopic (exact) mass is 410 g/mol. The van der Waals surface area contributed by atoms with Gasteiger partial charge in [-0.15, -0.1) is 0 Å². The number of hydrogen-bond acceptors (Lipinski definition) is 6. The Morgan fingerprint density at radius 2 is 1.70 bits per heavy atom. The van der Waals surface area contributed by atoms with Gasteiger partial charge in [0, 0.05) is 0 Å². The second-order valence-corrected chi connectivity index (χ2v) is 6.49. The summed E-state index contributed by atoms with van der Waals surface area (Å²) in [7, 11) is 0. The fourth-order valence-electron chi connectivity index (χ4n) is 3.04. The van der Waals surface area contributed by atoms with Gasteiger partial charge in [0.2, 0.25) is 0 Å². The predicted octanol–water partition coefficient (Wildman–Crippen LogP) is 2.21. The molecule has 2 aromatic carbocycles. The summed E-state index contributed by atoms with van der Waals surface area (Å²) in [6, 6.07) is 14.0. The standard InChI is InChI=1S/C22H22N2O6/c1-2-29-21(27)18-17(13-30-20(26)16-10-8-14(12-25)9-11-16)23-22(28)24-19(18)15-6-4-3-5-7-15/h3-11,19,25H,2,12-13H2,1H3,(H2,23,24,28)/t19-/m0/s1. The molecular formula is C22H22N2O6. The van der Waals surface area contributed by atoms with E-state index in [0.29, 0.717) is 11.1 Å². The molecule has 0 aliphatic carbocycles. The van der Waals surface area contributed by atoms with Crippen LogP contribution in [0.3, 0.4) is 0 Å². The first-order chi connectivity index (χ1) is 14.5. The maximum Gasteiger partial charge on any atom is 0.338 e. The zero-order valence-corrected chi connectivity index (χ0v) is 16.4. The topological polar surface area (TPSA) is 114 Å². The molecule has 156 valence electrons. The number of benzene rings is 2. The van der Waals surface area contributed by atoms with Crippen molar-refractivity contribution in [2.24, 2.45) is 0 Å². The van der Waals surface area contributed by atoms with Crippen molar-refractivity contribution in [3.05, 3.63) is 82.6 Å². The van der Waals surface area contributed by atoms with E-state index in [4.69, 9.17) is 14.6 Å². The minimum absolute atomic E-state index is 0.134. The van der Waals surface area contributed by atoms with Gasteiger partial charge in [0.25, 0.3) is 0 Å². The number of carbonyl (C=O) groups excluding carboxylic acids is 3. The Morgan fingerprint density at radius 3 is 2.33 bits per heavy atom. The summed E-state index contributed by atoms with van der Waals surface area (Å²) >= 11 is 0. The summed E-state index contributed by atoms with van der Waals surface area (Å²) in [5.74, 6) is -1.24. The Kier molecular flexibility index (Phi) is 6.82. The Labute approximate surface area is 173 Å². The highest BCUT2D eigenvalue weighted by Gasteiger charge is 2.34. The minimum atomic E-state index is -0.739. The van der Waals surface area contributed by atoms with Crippen LogP contribution in [-0.4, -0.2) is 36.3 Å². The molecule has 0 saturated heterocycles. The number of nitrogens with one attached hydrogen (secondary N) is 2. The number of hydrogen-bond donors (Lipinski definition) is 3. The van der Waals surface area contributed by atoms with Gasteiger partial charge in [-0.25, -0.2) is 14.4 Å². The average molecular weight is 410 g/mol. The highest BCUT2D eigenvalue weighted by Crippen LogP contribution is 2.28. The molecule has 8 nitrogen and oxygen atoms in total. The second kappa shape index (κ2) is 9.71. The number of carbonyl (C=O) groups is 3. The molecule has 0 radical (unpaired) electrons. The van der Waals surface area contributed by atoms with Crippen molar-refractivity contribution >= 4 is 18.0 Å². The Bertz CT molecular complexity index is 953. The number of urea groups is 1. The first-order valence-corrected chi connectivity index (χ1v) is 9.43. The van der Waals surface area contributed by atoms with Crippen LogP contribution >= 0.6 is 0 Å². The molecule has 0 bridgehead atoms. The molecule has 0 fully saturated rings. The molecule has 8 heteroatoms. The molecule has 1 aliphatic rings. The summed E-state index contributed by atoms with van der Waals surface area (Å²) in [6.45, 7) is 1.39. The lowest BCUT2D eigenvalue weighted by molar-refractivity contribution is -0.139. The molecule has 1 heterocycles. The first kappa shape index (κ1) is 21.1. The van der Waals surface area contributed by atoms with E-state index < -0.39 is 24.0 Å². The van der Waals surface area contributed by atoms with E-state index in [-0.39, 0.29) is 36.7 Å². The third-order valence-corrected chi connectivity index (χ3v) is 4.50. The number of aliphatic hydroxyl groups is 1.